The molecule has 1 aromatic carbocycles. The minimum absolute atomic E-state index is 0.0957. The van der Waals surface area contributed by atoms with Gasteiger partial charge in [-0.05, 0) is 58.7 Å². The van der Waals surface area contributed by atoms with Crippen molar-refractivity contribution in [1.29, 1.82) is 0 Å². The van der Waals surface area contributed by atoms with E-state index in [-0.39, 0.29) is 23.0 Å². The SMILES string of the molecule is CC.C[C@@H](Oc1cc(-c2cnn(C3CCN(C(=O)OC(C)(C)C)CC3)c2)cnc1N)c1c(Cl)ccc(F)c1Cl. The lowest BCUT2D eigenvalue weighted by molar-refractivity contribution is 0.0185. The molecular formula is C28H36Cl2FN5O3. The van der Waals surface area contributed by atoms with Crippen LogP contribution in [0.25, 0.3) is 11.1 Å². The quantitative estimate of drug-likeness (QED) is 0.311. The van der Waals surface area contributed by atoms with Crippen molar-refractivity contribution in [2.75, 3.05) is 18.8 Å². The van der Waals surface area contributed by atoms with Crippen LogP contribution in [0.4, 0.5) is 15.0 Å². The summed E-state index contributed by atoms with van der Waals surface area (Å²) in [6.07, 6.45) is 5.90. The molecule has 11 heteroatoms. The molecule has 1 aliphatic rings. The summed E-state index contributed by atoms with van der Waals surface area (Å²) < 4.78 is 27.4. The highest BCUT2D eigenvalue weighted by atomic mass is 35.5. The average molecular weight is 581 g/mol. The van der Waals surface area contributed by atoms with Gasteiger partial charge in [-0.15, -0.1) is 0 Å². The molecule has 3 aromatic rings. The summed E-state index contributed by atoms with van der Waals surface area (Å²) in [7, 11) is 0. The standard InChI is InChI=1S/C26H30Cl2FN5O3.C2H6/c1-15(22-19(27)5-6-20(29)23(22)28)36-21-11-16(12-31-24(21)30)17-13-32-34(14-17)18-7-9-33(10-8-18)25(35)37-26(2,3)4;1-2/h5-6,11-15,18H,7-10H2,1-4H3,(H2,30,31);1-2H3/t15-;/m1./s1. The second-order valence-corrected chi connectivity index (χ2v) is 10.8. The van der Waals surface area contributed by atoms with Gasteiger partial charge in [-0.25, -0.2) is 14.2 Å². The normalized spacial score (nSPS) is 14.8. The summed E-state index contributed by atoms with van der Waals surface area (Å²) in [5.41, 5.74) is 7.46. The van der Waals surface area contributed by atoms with E-state index in [4.69, 9.17) is 38.4 Å². The number of piperidine rings is 1. The fraction of sp³-hybridized carbons (Fsp3) is 0.464. The van der Waals surface area contributed by atoms with Crippen molar-refractivity contribution < 1.29 is 18.7 Å². The first-order valence-electron chi connectivity index (χ1n) is 13.0. The number of amides is 1. The zero-order valence-corrected chi connectivity index (χ0v) is 24.7. The molecule has 0 unspecified atom stereocenters. The van der Waals surface area contributed by atoms with Crippen LogP contribution in [-0.2, 0) is 4.74 Å². The van der Waals surface area contributed by atoms with Crippen molar-refractivity contribution in [3.63, 3.8) is 0 Å². The Kier molecular flexibility index (Phi) is 10.1. The lowest BCUT2D eigenvalue weighted by Crippen LogP contribution is -2.42. The van der Waals surface area contributed by atoms with Crippen molar-refractivity contribution in [3.05, 3.63) is 58.2 Å². The van der Waals surface area contributed by atoms with Crippen molar-refractivity contribution in [2.45, 2.75) is 72.1 Å². The number of carbonyl (C=O) groups is 1. The van der Waals surface area contributed by atoms with E-state index in [9.17, 15) is 9.18 Å². The first kappa shape index (κ1) is 30.5. The van der Waals surface area contributed by atoms with E-state index in [0.717, 1.165) is 24.0 Å². The smallest absolute Gasteiger partial charge is 0.410 e. The first-order chi connectivity index (χ1) is 18.4. The van der Waals surface area contributed by atoms with Crippen LogP contribution in [-0.4, -0.2) is 44.4 Å². The van der Waals surface area contributed by atoms with Crippen molar-refractivity contribution in [1.82, 2.24) is 19.7 Å². The fourth-order valence-electron chi connectivity index (χ4n) is 4.20. The number of pyridine rings is 1. The number of benzene rings is 1. The van der Waals surface area contributed by atoms with Gasteiger partial charge < -0.3 is 20.1 Å². The third-order valence-corrected chi connectivity index (χ3v) is 6.81. The molecule has 0 spiro atoms. The Morgan fingerprint density at radius 1 is 1.15 bits per heavy atom. The first-order valence-corrected chi connectivity index (χ1v) is 13.8. The molecule has 1 saturated heterocycles. The van der Waals surface area contributed by atoms with Gasteiger partial charge in [-0.2, -0.15) is 5.10 Å². The number of hydrogen-bond donors (Lipinski definition) is 1. The van der Waals surface area contributed by atoms with Crippen LogP contribution >= 0.6 is 23.2 Å². The molecule has 0 aliphatic carbocycles. The minimum Gasteiger partial charge on any atom is -0.482 e. The number of nitrogens with zero attached hydrogens (tertiary/aromatic N) is 4. The highest BCUT2D eigenvalue weighted by molar-refractivity contribution is 6.36. The van der Waals surface area contributed by atoms with E-state index in [1.54, 1.807) is 30.3 Å². The van der Waals surface area contributed by atoms with Gasteiger partial charge in [0.25, 0.3) is 0 Å². The molecule has 0 bridgehead atoms. The summed E-state index contributed by atoms with van der Waals surface area (Å²) in [6.45, 7) is 12.5. The van der Waals surface area contributed by atoms with Gasteiger partial charge in [-0.3, -0.25) is 4.68 Å². The second kappa shape index (κ2) is 12.9. The van der Waals surface area contributed by atoms with Crippen LogP contribution in [0, 0.1) is 5.82 Å². The van der Waals surface area contributed by atoms with E-state index in [1.165, 1.54) is 12.1 Å². The summed E-state index contributed by atoms with van der Waals surface area (Å²) >= 11 is 12.4. The summed E-state index contributed by atoms with van der Waals surface area (Å²) in [6, 6.07) is 4.55. The average Bonchev–Trinajstić information content (AvgIpc) is 3.38. The monoisotopic (exact) mass is 579 g/mol. The van der Waals surface area contributed by atoms with Crippen LogP contribution in [0.3, 0.4) is 0 Å². The van der Waals surface area contributed by atoms with Crippen LogP contribution < -0.4 is 10.5 Å². The Balaban J connectivity index is 0.00000205. The zero-order chi connectivity index (χ0) is 28.9. The number of hydrogen-bond acceptors (Lipinski definition) is 6. The van der Waals surface area contributed by atoms with E-state index < -0.39 is 17.5 Å². The molecule has 1 fully saturated rings. The molecular weight excluding hydrogens is 544 g/mol. The lowest BCUT2D eigenvalue weighted by atomic mass is 10.1. The van der Waals surface area contributed by atoms with Gasteiger partial charge in [0, 0.05) is 47.2 Å². The Morgan fingerprint density at radius 3 is 2.46 bits per heavy atom. The fourth-order valence-corrected chi connectivity index (χ4v) is 4.88. The van der Waals surface area contributed by atoms with Crippen LogP contribution in [0.15, 0.2) is 36.8 Å². The predicted molar refractivity (Wildman–Crippen MR) is 153 cm³/mol. The number of nitrogens with two attached hydrogens (primary N) is 1. The molecule has 39 heavy (non-hydrogen) atoms. The summed E-state index contributed by atoms with van der Waals surface area (Å²) in [5.74, 6) is -0.0818. The molecule has 0 saturated carbocycles. The van der Waals surface area contributed by atoms with E-state index in [0.29, 0.717) is 29.4 Å². The zero-order valence-electron chi connectivity index (χ0n) is 23.2. The lowest BCUT2D eigenvalue weighted by Gasteiger charge is -2.33. The summed E-state index contributed by atoms with van der Waals surface area (Å²) in [4.78, 5) is 18.3. The topological polar surface area (TPSA) is 95.5 Å². The number of halogens is 3. The van der Waals surface area contributed by atoms with Gasteiger partial charge in [0.05, 0.1) is 17.3 Å². The van der Waals surface area contributed by atoms with E-state index >= 15 is 0 Å². The van der Waals surface area contributed by atoms with Gasteiger partial charge >= 0.3 is 6.09 Å². The molecule has 0 radical (unpaired) electrons. The number of nitrogen functional groups attached to an aromatic ring is 1. The molecule has 2 aromatic heterocycles. The second-order valence-electron chi connectivity index (χ2n) is 10.0. The number of aromatic nitrogens is 3. The Hall–Kier alpha value is -3.04. The number of carbonyl (C=O) groups excluding carboxylic acids is 1. The number of anilines is 1. The third-order valence-electron chi connectivity index (χ3n) is 6.10. The van der Waals surface area contributed by atoms with Gasteiger partial charge in [0.15, 0.2) is 11.6 Å². The predicted octanol–water partition coefficient (Wildman–Crippen LogP) is 7.71. The maximum Gasteiger partial charge on any atom is 0.410 e. The number of likely N-dealkylation sites (tertiary alicyclic amines) is 1. The molecule has 1 aliphatic heterocycles. The van der Waals surface area contributed by atoms with Crippen LogP contribution in [0.1, 0.15) is 72.1 Å². The van der Waals surface area contributed by atoms with Gasteiger partial charge in [0.1, 0.15) is 17.5 Å². The Labute approximate surface area is 239 Å². The van der Waals surface area contributed by atoms with Gasteiger partial charge in [-0.1, -0.05) is 37.0 Å². The van der Waals surface area contributed by atoms with Crippen LogP contribution in [0.2, 0.25) is 10.0 Å². The Morgan fingerprint density at radius 2 is 1.82 bits per heavy atom. The third kappa shape index (κ3) is 7.54. The van der Waals surface area contributed by atoms with Crippen LogP contribution in [0.5, 0.6) is 5.75 Å². The highest BCUT2D eigenvalue weighted by Crippen LogP contribution is 2.37. The van der Waals surface area contributed by atoms with Crippen molar-refractivity contribution in [2.24, 2.45) is 0 Å². The van der Waals surface area contributed by atoms with Gasteiger partial charge in [0.2, 0.25) is 0 Å². The molecule has 4 rings (SSSR count). The number of rotatable bonds is 5. The van der Waals surface area contributed by atoms with Crippen molar-refractivity contribution >= 4 is 35.1 Å². The number of ether oxygens (including phenoxy) is 2. The molecule has 2 N–H and O–H groups in total. The maximum atomic E-state index is 14.0. The summed E-state index contributed by atoms with van der Waals surface area (Å²) in [5, 5.41) is 4.74. The highest BCUT2D eigenvalue weighted by Gasteiger charge is 2.28. The molecule has 3 heterocycles. The van der Waals surface area contributed by atoms with E-state index in [1.807, 2.05) is 45.5 Å². The maximum absolute atomic E-state index is 14.0. The van der Waals surface area contributed by atoms with Crippen molar-refractivity contribution in [3.8, 4) is 16.9 Å². The molecule has 8 nitrogen and oxygen atoms in total. The molecule has 1 atom stereocenters. The Bertz CT molecular complexity index is 1290. The molecule has 1 amide bonds. The van der Waals surface area contributed by atoms with E-state index in [2.05, 4.69) is 10.1 Å². The minimum atomic E-state index is -0.673. The molecule has 212 valence electrons. The largest absolute Gasteiger partial charge is 0.482 e.